The van der Waals surface area contributed by atoms with Gasteiger partial charge in [0.05, 0.1) is 19.8 Å². The Kier molecular flexibility index (Phi) is 6.53. The molecule has 0 aliphatic carbocycles. The van der Waals surface area contributed by atoms with E-state index >= 15 is 0 Å². The molecule has 98 valence electrons. The highest BCUT2D eigenvalue weighted by Crippen LogP contribution is 1.97. The van der Waals surface area contributed by atoms with E-state index in [4.69, 9.17) is 15.2 Å². The Morgan fingerprint density at radius 3 is 3.00 bits per heavy atom. The molecule has 1 aliphatic heterocycles. The average Bonchev–Trinajstić information content (AvgIpc) is 2.29. The molecule has 1 saturated heterocycles. The van der Waals surface area contributed by atoms with Crippen molar-refractivity contribution in [2.24, 2.45) is 5.73 Å². The number of ether oxygens (including phenoxy) is 2. The maximum absolute atomic E-state index is 11.5. The van der Waals surface area contributed by atoms with E-state index < -0.39 is 5.91 Å². The van der Waals surface area contributed by atoms with E-state index in [-0.39, 0.29) is 25.2 Å². The summed E-state index contributed by atoms with van der Waals surface area (Å²) in [4.78, 5) is 21.8. The van der Waals surface area contributed by atoms with Crippen LogP contribution in [0, 0.1) is 0 Å². The Morgan fingerprint density at radius 2 is 2.35 bits per heavy atom. The van der Waals surface area contributed by atoms with E-state index in [0.717, 1.165) is 6.54 Å². The lowest BCUT2D eigenvalue weighted by Crippen LogP contribution is -2.44. The zero-order valence-electron chi connectivity index (χ0n) is 9.74. The molecular formula is C10H19N3O4. The number of amides is 2. The summed E-state index contributed by atoms with van der Waals surface area (Å²) in [5.74, 6) is -0.574. The highest BCUT2D eigenvalue weighted by atomic mass is 16.5. The number of hydrogen-bond donors (Lipinski definition) is 3. The molecule has 7 nitrogen and oxygen atoms in total. The SMILES string of the molecule is NC(=O)COCCNC(=O)CC1COCCN1. The predicted molar refractivity (Wildman–Crippen MR) is 60.2 cm³/mol. The molecule has 17 heavy (non-hydrogen) atoms. The van der Waals surface area contributed by atoms with Crippen molar-refractivity contribution in [1.29, 1.82) is 0 Å². The molecule has 1 heterocycles. The van der Waals surface area contributed by atoms with E-state index in [1.165, 1.54) is 0 Å². The van der Waals surface area contributed by atoms with Crippen molar-refractivity contribution in [2.75, 3.05) is 39.5 Å². The summed E-state index contributed by atoms with van der Waals surface area (Å²) in [6.45, 7) is 2.57. The summed E-state index contributed by atoms with van der Waals surface area (Å²) < 4.78 is 10.1. The predicted octanol–water partition coefficient (Wildman–Crippen LogP) is -2.02. The van der Waals surface area contributed by atoms with Crippen molar-refractivity contribution < 1.29 is 19.1 Å². The smallest absolute Gasteiger partial charge is 0.243 e. The first kappa shape index (κ1) is 13.9. The molecule has 0 aromatic rings. The molecule has 0 aromatic heterocycles. The molecule has 0 spiro atoms. The normalized spacial score (nSPS) is 19.9. The minimum absolute atomic E-state index is 0.0596. The maximum atomic E-state index is 11.5. The molecule has 4 N–H and O–H groups in total. The maximum Gasteiger partial charge on any atom is 0.243 e. The van der Waals surface area contributed by atoms with E-state index in [9.17, 15) is 9.59 Å². The van der Waals surface area contributed by atoms with Crippen LogP contribution in [-0.2, 0) is 19.1 Å². The van der Waals surface area contributed by atoms with Gasteiger partial charge >= 0.3 is 0 Å². The minimum Gasteiger partial charge on any atom is -0.378 e. The number of nitrogens with two attached hydrogens (primary N) is 1. The largest absolute Gasteiger partial charge is 0.378 e. The second kappa shape index (κ2) is 7.99. The molecule has 1 fully saturated rings. The Bertz CT molecular complexity index is 254. The van der Waals surface area contributed by atoms with Crippen LogP contribution in [0.5, 0.6) is 0 Å². The van der Waals surface area contributed by atoms with Gasteiger partial charge in [0.15, 0.2) is 0 Å². The molecule has 1 rings (SSSR count). The number of carbonyl (C=O) groups is 2. The molecule has 7 heteroatoms. The van der Waals surface area contributed by atoms with Crippen molar-refractivity contribution in [3.63, 3.8) is 0 Å². The Labute approximate surface area is 100 Å². The van der Waals surface area contributed by atoms with Gasteiger partial charge in [0, 0.05) is 25.6 Å². The van der Waals surface area contributed by atoms with Gasteiger partial charge in [-0.25, -0.2) is 0 Å². The summed E-state index contributed by atoms with van der Waals surface area (Å²) >= 11 is 0. The first-order valence-corrected chi connectivity index (χ1v) is 5.62. The van der Waals surface area contributed by atoms with Gasteiger partial charge in [-0.1, -0.05) is 0 Å². The molecule has 0 bridgehead atoms. The standard InChI is InChI=1S/C10H19N3O4/c11-9(14)7-17-4-2-13-10(15)5-8-6-16-3-1-12-8/h8,12H,1-7H2,(H2,11,14)(H,13,15). The van der Waals surface area contributed by atoms with E-state index in [1.807, 2.05) is 0 Å². The average molecular weight is 245 g/mol. The second-order valence-corrected chi connectivity index (χ2v) is 3.80. The fourth-order valence-electron chi connectivity index (χ4n) is 1.48. The van der Waals surface area contributed by atoms with Crippen LogP contribution < -0.4 is 16.4 Å². The zero-order chi connectivity index (χ0) is 12.5. The van der Waals surface area contributed by atoms with Crippen molar-refractivity contribution in [2.45, 2.75) is 12.5 Å². The van der Waals surface area contributed by atoms with E-state index in [0.29, 0.717) is 26.2 Å². The first-order valence-electron chi connectivity index (χ1n) is 5.62. The lowest BCUT2D eigenvalue weighted by molar-refractivity contribution is -0.123. The van der Waals surface area contributed by atoms with Gasteiger partial charge in [-0.15, -0.1) is 0 Å². The topological polar surface area (TPSA) is 103 Å². The van der Waals surface area contributed by atoms with Gasteiger partial charge in [-0.05, 0) is 0 Å². The van der Waals surface area contributed by atoms with Crippen LogP contribution in [0.3, 0.4) is 0 Å². The van der Waals surface area contributed by atoms with Crippen molar-refractivity contribution in [1.82, 2.24) is 10.6 Å². The summed E-state index contributed by atoms with van der Waals surface area (Å²) in [5, 5.41) is 5.88. The Balaban J connectivity index is 1.98. The van der Waals surface area contributed by atoms with Crippen LogP contribution in [0.2, 0.25) is 0 Å². The Morgan fingerprint density at radius 1 is 1.53 bits per heavy atom. The monoisotopic (exact) mass is 245 g/mol. The third-order valence-electron chi connectivity index (χ3n) is 2.24. The number of morpholine rings is 1. The molecule has 0 saturated carbocycles. The van der Waals surface area contributed by atoms with Gasteiger partial charge in [-0.2, -0.15) is 0 Å². The van der Waals surface area contributed by atoms with Gasteiger partial charge in [0.2, 0.25) is 11.8 Å². The summed E-state index contributed by atoms with van der Waals surface area (Å²) in [6, 6.07) is 0.0790. The molecule has 1 aliphatic rings. The van der Waals surface area contributed by atoms with Crippen molar-refractivity contribution in [3.05, 3.63) is 0 Å². The number of primary amides is 1. The highest BCUT2D eigenvalue weighted by molar-refractivity contribution is 5.76. The van der Waals surface area contributed by atoms with Crippen molar-refractivity contribution in [3.8, 4) is 0 Å². The number of rotatable bonds is 7. The summed E-state index contributed by atoms with van der Waals surface area (Å²) in [5.41, 5.74) is 4.88. The van der Waals surface area contributed by atoms with Gasteiger partial charge in [0.25, 0.3) is 0 Å². The van der Waals surface area contributed by atoms with Crippen LogP contribution >= 0.6 is 0 Å². The van der Waals surface area contributed by atoms with Crippen LogP contribution in [0.15, 0.2) is 0 Å². The third-order valence-corrected chi connectivity index (χ3v) is 2.24. The summed E-state index contributed by atoms with van der Waals surface area (Å²) in [6.07, 6.45) is 0.385. The quantitative estimate of drug-likeness (QED) is 0.449. The van der Waals surface area contributed by atoms with Crippen LogP contribution in [0.25, 0.3) is 0 Å². The Hall–Kier alpha value is -1.18. The second-order valence-electron chi connectivity index (χ2n) is 3.80. The minimum atomic E-state index is -0.514. The van der Waals surface area contributed by atoms with Crippen LogP contribution in [0.1, 0.15) is 6.42 Å². The number of nitrogens with one attached hydrogen (secondary N) is 2. The first-order chi connectivity index (χ1) is 8.18. The lowest BCUT2D eigenvalue weighted by Gasteiger charge is -2.23. The number of hydrogen-bond acceptors (Lipinski definition) is 5. The fraction of sp³-hybridized carbons (Fsp3) is 0.800. The van der Waals surface area contributed by atoms with Crippen LogP contribution in [-0.4, -0.2) is 57.4 Å². The molecular weight excluding hydrogens is 226 g/mol. The van der Waals surface area contributed by atoms with Gasteiger partial charge in [-0.3, -0.25) is 9.59 Å². The highest BCUT2D eigenvalue weighted by Gasteiger charge is 2.16. The van der Waals surface area contributed by atoms with Crippen molar-refractivity contribution >= 4 is 11.8 Å². The molecule has 0 radical (unpaired) electrons. The van der Waals surface area contributed by atoms with E-state index in [2.05, 4.69) is 10.6 Å². The summed E-state index contributed by atoms with van der Waals surface area (Å²) in [7, 11) is 0. The molecule has 1 unspecified atom stereocenters. The number of carbonyl (C=O) groups excluding carboxylic acids is 2. The molecule has 0 aromatic carbocycles. The van der Waals surface area contributed by atoms with Crippen LogP contribution in [0.4, 0.5) is 0 Å². The molecule has 2 amide bonds. The van der Waals surface area contributed by atoms with E-state index in [1.54, 1.807) is 0 Å². The third kappa shape index (κ3) is 6.88. The molecule has 1 atom stereocenters. The fourth-order valence-corrected chi connectivity index (χ4v) is 1.48. The lowest BCUT2D eigenvalue weighted by atomic mass is 10.2. The zero-order valence-corrected chi connectivity index (χ0v) is 9.74. The van der Waals surface area contributed by atoms with Gasteiger partial charge in [0.1, 0.15) is 6.61 Å². The van der Waals surface area contributed by atoms with Gasteiger partial charge < -0.3 is 25.8 Å².